The summed E-state index contributed by atoms with van der Waals surface area (Å²) >= 11 is 0. The summed E-state index contributed by atoms with van der Waals surface area (Å²) in [6.07, 6.45) is 26.7. The summed E-state index contributed by atoms with van der Waals surface area (Å²) in [5.41, 5.74) is 4.05. The lowest BCUT2D eigenvalue weighted by Crippen LogP contribution is -2.10. The fraction of sp³-hybridized carbons (Fsp3) is 0.393. The molecule has 0 bridgehead atoms. The van der Waals surface area contributed by atoms with Crippen LogP contribution in [-0.2, 0) is 0 Å². The Morgan fingerprint density at radius 2 is 0.750 bits per heavy atom. The summed E-state index contributed by atoms with van der Waals surface area (Å²) in [6.45, 7) is 5.97. The number of benzene rings is 5. The van der Waals surface area contributed by atoms with E-state index in [9.17, 15) is 9.59 Å². The summed E-state index contributed by atoms with van der Waals surface area (Å²) in [7, 11) is 0. The van der Waals surface area contributed by atoms with E-state index in [4.69, 9.17) is 18.9 Å². The maximum atomic E-state index is 13.0. The van der Waals surface area contributed by atoms with Gasteiger partial charge in [0.25, 0.3) is 0 Å². The Bertz CT molecular complexity index is 1980. The van der Waals surface area contributed by atoms with E-state index >= 15 is 0 Å². The van der Waals surface area contributed by atoms with Gasteiger partial charge in [0, 0.05) is 18.5 Å². The standard InChI is InChI=1S/C56H68N2O6/c1-3-5-7-9-11-13-15-17-19-40-61-51-36-32-49(33-37-51)57-43-45-24-28-47(29-25-45)55(59)63-53-22-21-23-54(42-53)64-56(60)48-30-26-46(27-31-48)44-58-50-34-38-52(39-35-50)62-41-20-18-16-14-12-10-8-6-4-2/h21-39,42-44H,3-20,40-41H2,1-2H3. The molecule has 0 unspecified atom stereocenters. The topological polar surface area (TPSA) is 95.8 Å². The predicted octanol–water partition coefficient (Wildman–Crippen LogP) is 15.4. The maximum absolute atomic E-state index is 13.0. The third kappa shape index (κ3) is 19.2. The molecule has 0 amide bonds. The van der Waals surface area contributed by atoms with Crippen molar-refractivity contribution in [3.8, 4) is 23.0 Å². The van der Waals surface area contributed by atoms with Gasteiger partial charge in [-0.3, -0.25) is 9.98 Å². The highest BCUT2D eigenvalue weighted by atomic mass is 16.5. The highest BCUT2D eigenvalue weighted by Crippen LogP contribution is 2.24. The minimum Gasteiger partial charge on any atom is -0.494 e. The van der Waals surface area contributed by atoms with Gasteiger partial charge >= 0.3 is 11.9 Å². The molecule has 0 atom stereocenters. The fourth-order valence-electron chi connectivity index (χ4n) is 7.10. The van der Waals surface area contributed by atoms with Gasteiger partial charge in [-0.15, -0.1) is 0 Å². The van der Waals surface area contributed by atoms with Gasteiger partial charge in [-0.1, -0.05) is 147 Å². The second kappa shape index (κ2) is 29.4. The van der Waals surface area contributed by atoms with Crippen molar-refractivity contribution in [2.75, 3.05) is 13.2 Å². The van der Waals surface area contributed by atoms with E-state index in [2.05, 4.69) is 23.8 Å². The lowest BCUT2D eigenvalue weighted by molar-refractivity contribution is 0.0732. The first-order valence-corrected chi connectivity index (χ1v) is 23.8. The summed E-state index contributed by atoms with van der Waals surface area (Å²) in [4.78, 5) is 35.1. The van der Waals surface area contributed by atoms with Gasteiger partial charge in [0.1, 0.15) is 23.0 Å². The SMILES string of the molecule is CCCCCCCCCCCOc1ccc(N=Cc2ccc(C(=O)Oc3cccc(OC(=O)c4ccc(C=Nc5ccc(OCCCCCCCCCCC)cc5)cc4)c3)cc2)cc1. The van der Waals surface area contributed by atoms with Crippen molar-refractivity contribution in [3.63, 3.8) is 0 Å². The maximum Gasteiger partial charge on any atom is 0.343 e. The molecule has 0 heterocycles. The van der Waals surface area contributed by atoms with Gasteiger partial charge in [0.2, 0.25) is 0 Å². The number of nitrogens with zero attached hydrogens (tertiary/aromatic N) is 2. The van der Waals surface area contributed by atoms with Gasteiger partial charge < -0.3 is 18.9 Å². The molecule has 5 rings (SSSR count). The van der Waals surface area contributed by atoms with Crippen LogP contribution in [0.1, 0.15) is 161 Å². The number of esters is 2. The molecule has 0 aliphatic carbocycles. The molecule has 0 fully saturated rings. The van der Waals surface area contributed by atoms with E-state index < -0.39 is 11.9 Å². The van der Waals surface area contributed by atoms with Gasteiger partial charge in [0.15, 0.2) is 0 Å². The molecule has 0 radical (unpaired) electrons. The van der Waals surface area contributed by atoms with E-state index in [1.807, 2.05) is 72.8 Å². The number of carbonyl (C=O) groups excluding carboxylic acids is 2. The molecule has 8 nitrogen and oxygen atoms in total. The van der Waals surface area contributed by atoms with E-state index in [-0.39, 0.29) is 11.5 Å². The third-order valence-electron chi connectivity index (χ3n) is 11.0. The number of hydrogen-bond acceptors (Lipinski definition) is 8. The second-order valence-corrected chi connectivity index (χ2v) is 16.4. The van der Waals surface area contributed by atoms with Crippen LogP contribution in [0.15, 0.2) is 131 Å². The lowest BCUT2D eigenvalue weighted by atomic mass is 10.1. The van der Waals surface area contributed by atoms with Crippen LogP contribution in [0.5, 0.6) is 23.0 Å². The van der Waals surface area contributed by atoms with Crippen molar-refractivity contribution < 1.29 is 28.5 Å². The van der Waals surface area contributed by atoms with Crippen LogP contribution >= 0.6 is 0 Å². The average molecular weight is 865 g/mol. The Morgan fingerprint density at radius 3 is 1.11 bits per heavy atom. The van der Waals surface area contributed by atoms with Gasteiger partial charge in [-0.2, -0.15) is 0 Å². The Hall–Kier alpha value is -6.02. The number of aliphatic imine (C=N–C) groups is 2. The van der Waals surface area contributed by atoms with Gasteiger partial charge in [-0.25, -0.2) is 9.59 Å². The Kier molecular flexibility index (Phi) is 22.5. The molecule has 5 aromatic rings. The first kappa shape index (κ1) is 49.0. The van der Waals surface area contributed by atoms with Crippen molar-refractivity contribution >= 4 is 35.7 Å². The van der Waals surface area contributed by atoms with E-state index in [1.165, 1.54) is 109 Å². The largest absolute Gasteiger partial charge is 0.494 e. The monoisotopic (exact) mass is 865 g/mol. The van der Waals surface area contributed by atoms with Crippen molar-refractivity contribution in [2.24, 2.45) is 9.98 Å². The van der Waals surface area contributed by atoms with Crippen molar-refractivity contribution in [2.45, 2.75) is 129 Å². The van der Waals surface area contributed by atoms with Crippen LogP contribution in [0.2, 0.25) is 0 Å². The summed E-state index contributed by atoms with van der Waals surface area (Å²) < 4.78 is 23.1. The van der Waals surface area contributed by atoms with Crippen molar-refractivity contribution in [3.05, 3.63) is 144 Å². The minimum absolute atomic E-state index is 0.256. The Labute approximate surface area is 382 Å². The number of ether oxygens (including phenoxy) is 4. The zero-order chi connectivity index (χ0) is 44.9. The molecule has 0 aliphatic rings. The highest BCUT2D eigenvalue weighted by molar-refractivity contribution is 5.93. The Morgan fingerprint density at radius 1 is 0.406 bits per heavy atom. The number of rotatable bonds is 30. The molecule has 0 saturated carbocycles. The molecule has 5 aromatic carbocycles. The lowest BCUT2D eigenvalue weighted by Gasteiger charge is -2.08. The van der Waals surface area contributed by atoms with Crippen LogP contribution in [0, 0.1) is 0 Å². The zero-order valence-electron chi connectivity index (χ0n) is 38.2. The predicted molar refractivity (Wildman–Crippen MR) is 262 cm³/mol. The Balaban J connectivity index is 0.985. The fourth-order valence-corrected chi connectivity index (χ4v) is 7.10. The minimum atomic E-state index is -0.532. The molecule has 0 N–H and O–H groups in total. The summed E-state index contributed by atoms with van der Waals surface area (Å²) in [5.74, 6) is 1.14. The molecule has 8 heteroatoms. The number of unbranched alkanes of at least 4 members (excludes halogenated alkanes) is 16. The molecular weight excluding hydrogens is 797 g/mol. The highest BCUT2D eigenvalue weighted by Gasteiger charge is 2.12. The summed E-state index contributed by atoms with van der Waals surface area (Å²) in [5, 5.41) is 0. The first-order valence-electron chi connectivity index (χ1n) is 23.8. The van der Waals surface area contributed by atoms with Crippen molar-refractivity contribution in [1.82, 2.24) is 0 Å². The first-order chi connectivity index (χ1) is 31.5. The molecule has 338 valence electrons. The quantitative estimate of drug-likeness (QED) is 0.0197. The molecule has 0 saturated heterocycles. The molecule has 0 aliphatic heterocycles. The smallest absolute Gasteiger partial charge is 0.343 e. The number of hydrogen-bond donors (Lipinski definition) is 0. The van der Waals surface area contributed by atoms with Crippen LogP contribution in [-0.4, -0.2) is 37.6 Å². The molecular formula is C56H68N2O6. The zero-order valence-corrected chi connectivity index (χ0v) is 38.2. The number of carbonyl (C=O) groups is 2. The van der Waals surface area contributed by atoms with Crippen LogP contribution in [0.25, 0.3) is 0 Å². The van der Waals surface area contributed by atoms with E-state index in [0.29, 0.717) is 11.1 Å². The summed E-state index contributed by atoms with van der Waals surface area (Å²) in [6, 6.07) is 36.0. The van der Waals surface area contributed by atoms with Crippen LogP contribution in [0.3, 0.4) is 0 Å². The van der Waals surface area contributed by atoms with Gasteiger partial charge in [-0.05, 0) is 109 Å². The molecule has 0 spiro atoms. The van der Waals surface area contributed by atoms with Gasteiger partial charge in [0.05, 0.1) is 35.7 Å². The van der Waals surface area contributed by atoms with E-state index in [0.717, 1.165) is 60.1 Å². The molecule has 64 heavy (non-hydrogen) atoms. The third-order valence-corrected chi connectivity index (χ3v) is 11.0. The normalized spacial score (nSPS) is 11.3. The average Bonchev–Trinajstić information content (AvgIpc) is 3.32. The second-order valence-electron chi connectivity index (χ2n) is 16.4. The van der Waals surface area contributed by atoms with Crippen molar-refractivity contribution in [1.29, 1.82) is 0 Å². The van der Waals surface area contributed by atoms with Crippen LogP contribution < -0.4 is 18.9 Å². The van der Waals surface area contributed by atoms with E-state index in [1.54, 1.807) is 54.9 Å². The van der Waals surface area contributed by atoms with Crippen LogP contribution in [0.4, 0.5) is 11.4 Å². The molecule has 0 aromatic heterocycles.